The average molecular weight is 157 g/mol. The molecule has 0 saturated heterocycles. The summed E-state index contributed by atoms with van der Waals surface area (Å²) in [6.07, 6.45) is 1.61. The van der Waals surface area contributed by atoms with Gasteiger partial charge in [-0.2, -0.15) is 5.10 Å². The molecule has 1 rings (SSSR count). The molecular weight excluding hydrogens is 155 g/mol. The Bertz CT molecular complexity index is 151. The van der Waals surface area contributed by atoms with Crippen LogP contribution in [0, 0.1) is 3.82 Å². The summed E-state index contributed by atoms with van der Waals surface area (Å²) in [7, 11) is 0. The van der Waals surface area contributed by atoms with Crippen LogP contribution in [-0.4, -0.2) is 61.0 Å². The first kappa shape index (κ1) is 8.42. The van der Waals surface area contributed by atoms with Crippen molar-refractivity contribution < 1.29 is 0 Å². The van der Waals surface area contributed by atoms with Gasteiger partial charge in [0.25, 0.3) is 0 Å². The van der Waals surface area contributed by atoms with Gasteiger partial charge in [-0.1, -0.05) is 12.2 Å². The van der Waals surface area contributed by atoms with Gasteiger partial charge in [0.15, 0.2) is 0 Å². The number of nitrogens with zero attached hydrogens (tertiary/aromatic N) is 1. The van der Waals surface area contributed by atoms with Gasteiger partial charge < -0.3 is 0 Å². The molecule has 2 nitrogen and oxygen atoms in total. The summed E-state index contributed by atoms with van der Waals surface area (Å²) in [5.74, 6) is 0. The van der Waals surface area contributed by atoms with Crippen molar-refractivity contribution in [1.82, 2.24) is 9.59 Å². The third-order valence-electron chi connectivity index (χ3n) is 0.369. The summed E-state index contributed by atoms with van der Waals surface area (Å²) < 4.78 is 3.42. The van der Waals surface area contributed by atoms with E-state index in [-0.39, 0.29) is 51.4 Å². The molecule has 0 unspecified atom stereocenters. The molecule has 0 aliphatic heterocycles. The van der Waals surface area contributed by atoms with E-state index in [1.807, 2.05) is 0 Å². The van der Waals surface area contributed by atoms with Crippen LogP contribution in [0.25, 0.3) is 0 Å². The van der Waals surface area contributed by atoms with Crippen LogP contribution in [0.5, 0.6) is 0 Å². The number of aromatic amines is 1. The largest absolute Gasteiger partial charge is 0.231 e. The standard InChI is InChI=1S/C2H2N2S2.K/c5-2-1-3-4-6-2;/h1,4H;. The number of nitrogens with one attached hydrogen (secondary N) is 1. The van der Waals surface area contributed by atoms with Crippen molar-refractivity contribution in [3.05, 3.63) is 10.0 Å². The molecule has 5 heteroatoms. The van der Waals surface area contributed by atoms with Crippen molar-refractivity contribution >= 4 is 75.1 Å². The van der Waals surface area contributed by atoms with Crippen molar-refractivity contribution in [3.63, 3.8) is 0 Å². The van der Waals surface area contributed by atoms with Gasteiger partial charge in [-0.15, -0.1) is 0 Å². The Morgan fingerprint density at radius 2 is 2.57 bits per heavy atom. The zero-order valence-electron chi connectivity index (χ0n) is 3.84. The van der Waals surface area contributed by atoms with Gasteiger partial charge in [-0.3, -0.25) is 0 Å². The van der Waals surface area contributed by atoms with E-state index in [0.717, 1.165) is 3.82 Å². The second-order valence-corrected chi connectivity index (χ2v) is 2.30. The van der Waals surface area contributed by atoms with E-state index in [9.17, 15) is 0 Å². The zero-order chi connectivity index (χ0) is 4.41. The van der Waals surface area contributed by atoms with Gasteiger partial charge in [0, 0.05) is 51.4 Å². The van der Waals surface area contributed by atoms with E-state index in [1.54, 1.807) is 6.20 Å². The van der Waals surface area contributed by atoms with Crippen LogP contribution in [-0.2, 0) is 0 Å². The Hall–Kier alpha value is 1.42. The fourth-order valence-electron chi connectivity index (χ4n) is 0.177. The van der Waals surface area contributed by atoms with Crippen LogP contribution < -0.4 is 0 Å². The molecule has 0 aliphatic rings. The van der Waals surface area contributed by atoms with Gasteiger partial charge in [-0.05, 0) is 11.5 Å². The van der Waals surface area contributed by atoms with Gasteiger partial charge in [0.1, 0.15) is 3.82 Å². The van der Waals surface area contributed by atoms with Crippen LogP contribution in [0.4, 0.5) is 0 Å². The topological polar surface area (TPSA) is 28.7 Å². The quantitative estimate of drug-likeness (QED) is 0.446. The normalized spacial score (nSPS) is 7.43. The number of hydrogen-bond donors (Lipinski definition) is 1. The first-order chi connectivity index (χ1) is 2.89. The van der Waals surface area contributed by atoms with Crippen LogP contribution in [0.15, 0.2) is 6.20 Å². The van der Waals surface area contributed by atoms with E-state index < -0.39 is 0 Å². The predicted molar refractivity (Wildman–Crippen MR) is 33.1 cm³/mol. The molecular formula is C2H2KN2S2. The summed E-state index contributed by atoms with van der Waals surface area (Å²) in [4.78, 5) is 0. The molecule has 33 valence electrons. The maximum atomic E-state index is 4.67. The second kappa shape index (κ2) is 4.31. The van der Waals surface area contributed by atoms with E-state index >= 15 is 0 Å². The molecule has 1 heterocycles. The molecule has 0 spiro atoms. The molecule has 0 bridgehead atoms. The maximum absolute atomic E-state index is 4.67. The number of H-pyrrole nitrogens is 1. The number of rotatable bonds is 0. The van der Waals surface area contributed by atoms with Crippen LogP contribution in [0.1, 0.15) is 0 Å². The van der Waals surface area contributed by atoms with Crippen molar-refractivity contribution in [2.75, 3.05) is 0 Å². The Morgan fingerprint density at radius 1 is 1.86 bits per heavy atom. The van der Waals surface area contributed by atoms with Gasteiger partial charge in [0.2, 0.25) is 0 Å². The zero-order valence-corrected chi connectivity index (χ0v) is 8.60. The fraction of sp³-hybridized carbons (Fsp3) is 0. The molecule has 1 N–H and O–H groups in total. The third-order valence-corrected chi connectivity index (χ3v) is 1.23. The average Bonchev–Trinajstić information content (AvgIpc) is 1.86. The first-order valence-corrected chi connectivity index (χ1v) is 2.61. The summed E-state index contributed by atoms with van der Waals surface area (Å²) in [5, 5.41) is 3.61. The van der Waals surface area contributed by atoms with Crippen LogP contribution in [0.2, 0.25) is 0 Å². The van der Waals surface area contributed by atoms with Gasteiger partial charge >= 0.3 is 0 Å². The fourth-order valence-corrected chi connectivity index (χ4v) is 0.642. The minimum Gasteiger partial charge on any atom is -0.231 e. The minimum atomic E-state index is 0. The summed E-state index contributed by atoms with van der Waals surface area (Å²) >= 11 is 6.03. The SMILES string of the molecule is S=c1cn[nH]s1.[K]. The van der Waals surface area contributed by atoms with E-state index in [0.29, 0.717) is 0 Å². The Balaban J connectivity index is 0.000000360. The molecule has 0 atom stereocenters. The van der Waals surface area contributed by atoms with Gasteiger partial charge in [-0.25, -0.2) is 4.49 Å². The maximum Gasteiger partial charge on any atom is 0.128 e. The predicted octanol–water partition coefficient (Wildman–Crippen LogP) is 0.820. The van der Waals surface area contributed by atoms with Crippen molar-refractivity contribution in [1.29, 1.82) is 0 Å². The van der Waals surface area contributed by atoms with Crippen molar-refractivity contribution in [3.8, 4) is 0 Å². The number of aromatic nitrogens is 2. The Kier molecular flexibility index (Phi) is 5.18. The van der Waals surface area contributed by atoms with Crippen molar-refractivity contribution in [2.45, 2.75) is 0 Å². The molecule has 1 radical (unpaired) electrons. The molecule has 7 heavy (non-hydrogen) atoms. The molecule has 0 aromatic carbocycles. The molecule has 1 aromatic rings. The van der Waals surface area contributed by atoms with Crippen LogP contribution >= 0.6 is 23.8 Å². The molecule has 0 aliphatic carbocycles. The molecule has 0 fully saturated rings. The van der Waals surface area contributed by atoms with Gasteiger partial charge in [0.05, 0.1) is 6.20 Å². The Labute approximate surface area is 92.9 Å². The number of hydrogen-bond acceptors (Lipinski definition) is 3. The molecule has 0 amide bonds. The summed E-state index contributed by atoms with van der Waals surface area (Å²) in [6, 6.07) is 0. The molecule has 0 saturated carbocycles. The minimum absolute atomic E-state index is 0. The smallest absolute Gasteiger partial charge is 0.128 e. The summed E-state index contributed by atoms with van der Waals surface area (Å²) in [6.45, 7) is 0. The van der Waals surface area contributed by atoms with Crippen molar-refractivity contribution in [2.24, 2.45) is 0 Å². The third kappa shape index (κ3) is 3.07. The molecule has 1 aromatic heterocycles. The van der Waals surface area contributed by atoms with Crippen LogP contribution in [0.3, 0.4) is 0 Å². The Morgan fingerprint density at radius 3 is 2.71 bits per heavy atom. The first-order valence-electron chi connectivity index (χ1n) is 1.38. The second-order valence-electron chi connectivity index (χ2n) is 0.771. The van der Waals surface area contributed by atoms with E-state index in [4.69, 9.17) is 0 Å². The van der Waals surface area contributed by atoms with E-state index in [2.05, 4.69) is 21.8 Å². The monoisotopic (exact) mass is 157 g/mol. The van der Waals surface area contributed by atoms with E-state index in [1.165, 1.54) is 11.5 Å². The summed E-state index contributed by atoms with van der Waals surface area (Å²) in [5.41, 5.74) is 0.